The van der Waals surface area contributed by atoms with Crippen molar-refractivity contribution < 1.29 is 13.2 Å². The summed E-state index contributed by atoms with van der Waals surface area (Å²) in [6.07, 6.45) is 3.28. The normalized spacial score (nSPS) is 16.1. The summed E-state index contributed by atoms with van der Waals surface area (Å²) in [6, 6.07) is 3.46. The fourth-order valence-corrected chi connectivity index (χ4v) is 3.94. The van der Waals surface area contributed by atoms with Crippen molar-refractivity contribution in [3.63, 3.8) is 0 Å². The average molecular weight is 289 g/mol. The summed E-state index contributed by atoms with van der Waals surface area (Å²) in [4.78, 5) is 1.00. The van der Waals surface area contributed by atoms with Crippen LogP contribution < -0.4 is 4.72 Å². The lowest BCUT2D eigenvalue weighted by Crippen LogP contribution is -2.24. The van der Waals surface area contributed by atoms with Crippen molar-refractivity contribution in [2.75, 3.05) is 19.8 Å². The van der Waals surface area contributed by atoms with Crippen LogP contribution in [0.2, 0.25) is 0 Å². The van der Waals surface area contributed by atoms with E-state index in [1.165, 1.54) is 24.2 Å². The number of ether oxygens (including phenoxy) is 1. The van der Waals surface area contributed by atoms with Crippen LogP contribution in [0, 0.1) is 12.8 Å². The Morgan fingerprint density at radius 2 is 2.22 bits per heavy atom. The number of hydrogen-bond acceptors (Lipinski definition) is 4. The summed E-state index contributed by atoms with van der Waals surface area (Å²) in [5.74, 6) is 0.760. The maximum Gasteiger partial charge on any atom is 0.250 e. The molecule has 18 heavy (non-hydrogen) atoms. The second-order valence-electron chi connectivity index (χ2n) is 4.63. The number of rotatable bonds is 8. The molecule has 0 spiro atoms. The highest BCUT2D eigenvalue weighted by atomic mass is 32.2. The summed E-state index contributed by atoms with van der Waals surface area (Å²) in [7, 11) is -3.32. The van der Waals surface area contributed by atoms with Crippen LogP contribution in [0.15, 0.2) is 16.3 Å². The molecular weight excluding hydrogens is 270 g/mol. The molecular formula is C12H19NO3S2. The Morgan fingerprint density at radius 1 is 1.44 bits per heavy atom. The molecule has 0 unspecified atom stereocenters. The third-order valence-electron chi connectivity index (χ3n) is 2.79. The number of hydrogen-bond donors (Lipinski definition) is 1. The van der Waals surface area contributed by atoms with Gasteiger partial charge in [0.15, 0.2) is 0 Å². The summed E-state index contributed by atoms with van der Waals surface area (Å²) in [6.45, 7) is 3.79. The van der Waals surface area contributed by atoms with E-state index in [1.807, 2.05) is 13.0 Å². The number of thiophene rings is 1. The molecule has 1 aromatic heterocycles. The van der Waals surface area contributed by atoms with Crippen LogP contribution in [0.4, 0.5) is 0 Å². The third kappa shape index (κ3) is 4.35. The van der Waals surface area contributed by atoms with Crippen LogP contribution in [0.3, 0.4) is 0 Å². The molecule has 1 aromatic rings. The summed E-state index contributed by atoms with van der Waals surface area (Å²) in [5.41, 5.74) is 0. The van der Waals surface area contributed by atoms with Gasteiger partial charge in [-0.3, -0.25) is 0 Å². The fourth-order valence-electron chi connectivity index (χ4n) is 1.54. The Labute approximate surface area is 112 Å². The van der Waals surface area contributed by atoms with Crippen molar-refractivity contribution in [1.29, 1.82) is 0 Å². The van der Waals surface area contributed by atoms with Crippen molar-refractivity contribution in [3.8, 4) is 0 Å². The van der Waals surface area contributed by atoms with E-state index in [0.29, 0.717) is 17.4 Å². The largest absolute Gasteiger partial charge is 0.381 e. The molecule has 0 aromatic carbocycles. The molecule has 0 amide bonds. The van der Waals surface area contributed by atoms with Crippen LogP contribution in [-0.4, -0.2) is 28.2 Å². The molecule has 0 radical (unpaired) electrons. The lowest BCUT2D eigenvalue weighted by atomic mass is 10.4. The first kappa shape index (κ1) is 14.0. The van der Waals surface area contributed by atoms with Gasteiger partial charge in [-0.15, -0.1) is 11.3 Å². The fraction of sp³-hybridized carbons (Fsp3) is 0.667. The summed E-state index contributed by atoms with van der Waals surface area (Å²) >= 11 is 1.29. The summed E-state index contributed by atoms with van der Waals surface area (Å²) < 4.78 is 32.1. The highest BCUT2D eigenvalue weighted by Crippen LogP contribution is 2.28. The van der Waals surface area contributed by atoms with Crippen LogP contribution in [0.5, 0.6) is 0 Å². The third-order valence-corrected chi connectivity index (χ3v) is 5.74. The SMILES string of the molecule is Cc1ccc(S(=O)(=O)NCCCOCC2CC2)s1. The van der Waals surface area contributed by atoms with Gasteiger partial charge in [0, 0.05) is 24.6 Å². The van der Waals surface area contributed by atoms with Crippen LogP contribution in [-0.2, 0) is 14.8 Å². The van der Waals surface area contributed by atoms with Gasteiger partial charge in [0.25, 0.3) is 0 Å². The van der Waals surface area contributed by atoms with Crippen LogP contribution >= 0.6 is 11.3 Å². The van der Waals surface area contributed by atoms with Gasteiger partial charge in [-0.1, -0.05) is 0 Å². The topological polar surface area (TPSA) is 55.4 Å². The van der Waals surface area contributed by atoms with Gasteiger partial charge in [0.1, 0.15) is 4.21 Å². The van der Waals surface area contributed by atoms with Gasteiger partial charge in [-0.2, -0.15) is 0 Å². The van der Waals surface area contributed by atoms with E-state index in [-0.39, 0.29) is 0 Å². The minimum atomic E-state index is -3.32. The lowest BCUT2D eigenvalue weighted by molar-refractivity contribution is 0.123. The number of sulfonamides is 1. The van der Waals surface area contributed by atoms with E-state index in [1.54, 1.807) is 6.07 Å². The smallest absolute Gasteiger partial charge is 0.250 e. The molecule has 4 nitrogen and oxygen atoms in total. The zero-order valence-electron chi connectivity index (χ0n) is 10.5. The molecule has 1 fully saturated rings. The predicted molar refractivity (Wildman–Crippen MR) is 72.4 cm³/mol. The van der Waals surface area contributed by atoms with E-state index in [2.05, 4.69) is 4.72 Å². The Kier molecular flexibility index (Phi) is 4.77. The first-order chi connectivity index (χ1) is 8.58. The van der Waals surface area contributed by atoms with Gasteiger partial charge in [0.05, 0.1) is 0 Å². The van der Waals surface area contributed by atoms with Gasteiger partial charge >= 0.3 is 0 Å². The molecule has 1 saturated carbocycles. The maximum absolute atomic E-state index is 11.9. The van der Waals surface area contributed by atoms with Gasteiger partial charge in [-0.05, 0) is 44.2 Å². The number of nitrogens with one attached hydrogen (secondary N) is 1. The first-order valence-corrected chi connectivity index (χ1v) is 8.52. The Hall–Kier alpha value is -0.430. The monoisotopic (exact) mass is 289 g/mol. The van der Waals surface area contributed by atoms with Crippen LogP contribution in [0.25, 0.3) is 0 Å². The lowest BCUT2D eigenvalue weighted by Gasteiger charge is -2.05. The van der Waals surface area contributed by atoms with Crippen molar-refractivity contribution >= 4 is 21.4 Å². The van der Waals surface area contributed by atoms with Gasteiger partial charge in [-0.25, -0.2) is 13.1 Å². The molecule has 102 valence electrons. The Morgan fingerprint density at radius 3 is 2.83 bits per heavy atom. The highest BCUT2D eigenvalue weighted by Gasteiger charge is 2.21. The second-order valence-corrected chi connectivity index (χ2v) is 7.92. The predicted octanol–water partition coefficient (Wildman–Crippen LogP) is 2.15. The van der Waals surface area contributed by atoms with E-state index in [9.17, 15) is 8.42 Å². The quantitative estimate of drug-likeness (QED) is 0.746. The molecule has 0 saturated heterocycles. The molecule has 0 bridgehead atoms. The van der Waals surface area contributed by atoms with Crippen molar-refractivity contribution in [3.05, 3.63) is 17.0 Å². The maximum atomic E-state index is 11.9. The minimum absolute atomic E-state index is 0.388. The van der Waals surface area contributed by atoms with Crippen molar-refractivity contribution in [1.82, 2.24) is 4.72 Å². The number of aryl methyl sites for hydroxylation is 1. The second kappa shape index (κ2) is 6.14. The molecule has 1 aliphatic carbocycles. The average Bonchev–Trinajstić information content (AvgIpc) is 3.03. The summed E-state index contributed by atoms with van der Waals surface area (Å²) in [5, 5.41) is 0. The molecule has 0 atom stereocenters. The van der Waals surface area contributed by atoms with Crippen molar-refractivity contribution in [2.24, 2.45) is 5.92 Å². The van der Waals surface area contributed by atoms with Gasteiger partial charge < -0.3 is 4.74 Å². The van der Waals surface area contributed by atoms with E-state index in [0.717, 1.165) is 23.8 Å². The highest BCUT2D eigenvalue weighted by molar-refractivity contribution is 7.91. The zero-order valence-corrected chi connectivity index (χ0v) is 12.1. The van der Waals surface area contributed by atoms with Crippen molar-refractivity contribution in [2.45, 2.75) is 30.4 Å². The molecule has 1 heterocycles. The Balaban J connectivity index is 1.65. The molecule has 1 N–H and O–H groups in total. The zero-order chi connectivity index (χ0) is 13.0. The first-order valence-electron chi connectivity index (χ1n) is 6.22. The standard InChI is InChI=1S/C12H19NO3S2/c1-10-3-6-12(17-10)18(14,15)13-7-2-8-16-9-11-4-5-11/h3,6,11,13H,2,4-5,7-9H2,1H3. The van der Waals surface area contributed by atoms with E-state index >= 15 is 0 Å². The Bertz CT molecular complexity index is 477. The molecule has 6 heteroatoms. The van der Waals surface area contributed by atoms with E-state index < -0.39 is 10.0 Å². The van der Waals surface area contributed by atoms with E-state index in [4.69, 9.17) is 4.74 Å². The minimum Gasteiger partial charge on any atom is -0.381 e. The molecule has 1 aliphatic rings. The van der Waals surface area contributed by atoms with Crippen LogP contribution in [0.1, 0.15) is 24.1 Å². The molecule has 0 aliphatic heterocycles. The van der Waals surface area contributed by atoms with Gasteiger partial charge in [0.2, 0.25) is 10.0 Å². The molecule has 2 rings (SSSR count).